The number of carbonyl (C=O) groups is 1. The molecule has 104 valence electrons. The molecule has 1 atom stereocenters. The van der Waals surface area contributed by atoms with Crippen LogP contribution in [0.25, 0.3) is 0 Å². The van der Waals surface area contributed by atoms with E-state index in [1.807, 2.05) is 0 Å². The first-order valence-corrected chi connectivity index (χ1v) is 7.21. The molecule has 0 aromatic heterocycles. The van der Waals surface area contributed by atoms with Gasteiger partial charge in [-0.25, -0.2) is 0 Å². The van der Waals surface area contributed by atoms with Crippen molar-refractivity contribution < 1.29 is 9.90 Å². The van der Waals surface area contributed by atoms with Gasteiger partial charge in [-0.05, 0) is 43.0 Å². The Kier molecular flexibility index (Phi) is 4.59. The van der Waals surface area contributed by atoms with Crippen LogP contribution in [-0.2, 0) is 4.79 Å². The molecule has 1 aromatic rings. The van der Waals surface area contributed by atoms with Crippen LogP contribution < -0.4 is 0 Å². The Morgan fingerprint density at radius 2 is 1.84 bits per heavy atom. The minimum atomic E-state index is -0.733. The summed E-state index contributed by atoms with van der Waals surface area (Å²) in [5, 5.41) is 9.11. The highest BCUT2D eigenvalue weighted by Gasteiger charge is 2.25. The molecule has 0 amide bonds. The summed E-state index contributed by atoms with van der Waals surface area (Å²) in [7, 11) is 0. The SMILES string of the molecule is CCN(CC)C(CC(=O)O)c1ccc(C2CC2)cc1. The molecule has 2 rings (SSSR count). The average Bonchev–Trinajstić information content (AvgIpc) is 3.23. The lowest BCUT2D eigenvalue weighted by Crippen LogP contribution is -2.30. The van der Waals surface area contributed by atoms with Crippen molar-refractivity contribution in [3.63, 3.8) is 0 Å². The molecule has 0 radical (unpaired) electrons. The van der Waals surface area contributed by atoms with E-state index in [9.17, 15) is 4.79 Å². The minimum absolute atomic E-state index is 0.0132. The van der Waals surface area contributed by atoms with E-state index >= 15 is 0 Å². The van der Waals surface area contributed by atoms with Gasteiger partial charge in [0.25, 0.3) is 0 Å². The summed E-state index contributed by atoms with van der Waals surface area (Å²) < 4.78 is 0. The summed E-state index contributed by atoms with van der Waals surface area (Å²) in [4.78, 5) is 13.3. The van der Waals surface area contributed by atoms with E-state index in [4.69, 9.17) is 5.11 Å². The van der Waals surface area contributed by atoms with Crippen LogP contribution in [0.2, 0.25) is 0 Å². The maximum atomic E-state index is 11.1. The Balaban J connectivity index is 2.17. The van der Waals surface area contributed by atoms with Gasteiger partial charge in [0.15, 0.2) is 0 Å². The van der Waals surface area contributed by atoms with E-state index in [1.54, 1.807) is 0 Å². The van der Waals surface area contributed by atoms with Crippen molar-refractivity contribution >= 4 is 5.97 Å². The molecule has 19 heavy (non-hydrogen) atoms. The summed E-state index contributed by atoms with van der Waals surface area (Å²) in [6.07, 6.45) is 2.77. The number of nitrogens with zero attached hydrogens (tertiary/aromatic N) is 1. The molecular formula is C16H23NO2. The van der Waals surface area contributed by atoms with Gasteiger partial charge in [0.1, 0.15) is 0 Å². The fourth-order valence-corrected chi connectivity index (χ4v) is 2.69. The predicted octanol–water partition coefficient (Wildman–Crippen LogP) is 3.42. The molecule has 0 spiro atoms. The normalized spacial score (nSPS) is 16.6. The summed E-state index contributed by atoms with van der Waals surface area (Å²) in [6, 6.07) is 8.55. The second-order valence-electron chi connectivity index (χ2n) is 5.28. The monoisotopic (exact) mass is 261 g/mol. The molecule has 1 N–H and O–H groups in total. The first-order valence-electron chi connectivity index (χ1n) is 7.21. The molecule has 1 aromatic carbocycles. The fraction of sp³-hybridized carbons (Fsp3) is 0.562. The highest BCUT2D eigenvalue weighted by molar-refractivity contribution is 5.68. The number of rotatable bonds is 7. The molecule has 3 heteroatoms. The minimum Gasteiger partial charge on any atom is -0.481 e. The standard InChI is InChI=1S/C16H23NO2/c1-3-17(4-2)15(11-16(18)19)14-9-7-13(8-10-14)12-5-6-12/h7-10,12,15H,3-6,11H2,1-2H3,(H,18,19). The first-order chi connectivity index (χ1) is 9.15. The third kappa shape index (κ3) is 3.57. The van der Waals surface area contributed by atoms with Crippen LogP contribution in [0.15, 0.2) is 24.3 Å². The molecule has 1 unspecified atom stereocenters. The Labute approximate surface area is 115 Å². The second-order valence-corrected chi connectivity index (χ2v) is 5.28. The van der Waals surface area contributed by atoms with Gasteiger partial charge in [-0.3, -0.25) is 9.69 Å². The van der Waals surface area contributed by atoms with Crippen molar-refractivity contribution in [1.29, 1.82) is 0 Å². The maximum Gasteiger partial charge on any atom is 0.305 e. The summed E-state index contributed by atoms with van der Waals surface area (Å²) in [5.41, 5.74) is 2.52. The lowest BCUT2D eigenvalue weighted by Gasteiger charge is -2.29. The molecule has 0 saturated heterocycles. The second kappa shape index (κ2) is 6.20. The van der Waals surface area contributed by atoms with Crippen LogP contribution in [0.4, 0.5) is 0 Å². The van der Waals surface area contributed by atoms with Crippen molar-refractivity contribution in [3.8, 4) is 0 Å². The third-order valence-electron chi connectivity index (χ3n) is 3.99. The molecule has 0 bridgehead atoms. The van der Waals surface area contributed by atoms with Gasteiger partial charge < -0.3 is 5.11 Å². The van der Waals surface area contributed by atoms with E-state index < -0.39 is 5.97 Å². The van der Waals surface area contributed by atoms with E-state index in [1.165, 1.54) is 18.4 Å². The van der Waals surface area contributed by atoms with E-state index in [2.05, 4.69) is 43.0 Å². The van der Waals surface area contributed by atoms with E-state index in [0.717, 1.165) is 24.6 Å². The predicted molar refractivity (Wildman–Crippen MR) is 76.3 cm³/mol. The topological polar surface area (TPSA) is 40.5 Å². The maximum absolute atomic E-state index is 11.1. The quantitative estimate of drug-likeness (QED) is 0.817. The highest BCUT2D eigenvalue weighted by Crippen LogP contribution is 2.40. The Morgan fingerprint density at radius 3 is 2.26 bits per heavy atom. The van der Waals surface area contributed by atoms with Gasteiger partial charge in [-0.1, -0.05) is 38.1 Å². The molecule has 0 aliphatic heterocycles. The third-order valence-corrected chi connectivity index (χ3v) is 3.99. The number of carboxylic acid groups (broad SMARTS) is 1. The summed E-state index contributed by atoms with van der Waals surface area (Å²) in [6.45, 7) is 5.91. The number of benzene rings is 1. The lowest BCUT2D eigenvalue weighted by atomic mass is 9.99. The number of carboxylic acids is 1. The van der Waals surface area contributed by atoms with Crippen molar-refractivity contribution in [2.75, 3.05) is 13.1 Å². The lowest BCUT2D eigenvalue weighted by molar-refractivity contribution is -0.138. The molecule has 0 heterocycles. The van der Waals surface area contributed by atoms with Crippen molar-refractivity contribution in [1.82, 2.24) is 4.90 Å². The van der Waals surface area contributed by atoms with Crippen LogP contribution in [0.5, 0.6) is 0 Å². The Bertz CT molecular complexity index is 419. The van der Waals surface area contributed by atoms with E-state index in [0.29, 0.717) is 0 Å². The van der Waals surface area contributed by atoms with Gasteiger partial charge in [0.2, 0.25) is 0 Å². The van der Waals surface area contributed by atoms with Gasteiger partial charge in [-0.2, -0.15) is 0 Å². The van der Waals surface area contributed by atoms with Gasteiger partial charge in [-0.15, -0.1) is 0 Å². The molecule has 1 aliphatic rings. The molecule has 1 aliphatic carbocycles. The largest absolute Gasteiger partial charge is 0.481 e. The van der Waals surface area contributed by atoms with Crippen LogP contribution in [0.3, 0.4) is 0 Å². The molecular weight excluding hydrogens is 238 g/mol. The van der Waals surface area contributed by atoms with Crippen LogP contribution >= 0.6 is 0 Å². The highest BCUT2D eigenvalue weighted by atomic mass is 16.4. The van der Waals surface area contributed by atoms with Gasteiger partial charge in [0, 0.05) is 6.04 Å². The van der Waals surface area contributed by atoms with Crippen LogP contribution in [0, 0.1) is 0 Å². The van der Waals surface area contributed by atoms with Gasteiger partial charge >= 0.3 is 5.97 Å². The number of aliphatic carboxylic acids is 1. The number of hydrogen-bond donors (Lipinski definition) is 1. The zero-order valence-electron chi connectivity index (χ0n) is 11.8. The first kappa shape index (κ1) is 14.1. The van der Waals surface area contributed by atoms with Crippen LogP contribution in [0.1, 0.15) is 56.2 Å². The summed E-state index contributed by atoms with van der Waals surface area (Å²) in [5.74, 6) is 0.0172. The zero-order chi connectivity index (χ0) is 13.8. The molecule has 1 saturated carbocycles. The molecule has 3 nitrogen and oxygen atoms in total. The van der Waals surface area contributed by atoms with Gasteiger partial charge in [0.05, 0.1) is 6.42 Å². The Morgan fingerprint density at radius 1 is 1.26 bits per heavy atom. The smallest absolute Gasteiger partial charge is 0.305 e. The van der Waals surface area contributed by atoms with Crippen molar-refractivity contribution in [2.45, 2.75) is 45.1 Å². The summed E-state index contributed by atoms with van der Waals surface area (Å²) >= 11 is 0. The Hall–Kier alpha value is -1.35. The fourth-order valence-electron chi connectivity index (χ4n) is 2.69. The average molecular weight is 261 g/mol. The molecule has 1 fully saturated rings. The van der Waals surface area contributed by atoms with E-state index in [-0.39, 0.29) is 12.5 Å². The van der Waals surface area contributed by atoms with Crippen LogP contribution in [-0.4, -0.2) is 29.1 Å². The van der Waals surface area contributed by atoms with Crippen molar-refractivity contribution in [3.05, 3.63) is 35.4 Å². The number of hydrogen-bond acceptors (Lipinski definition) is 2. The van der Waals surface area contributed by atoms with Crippen molar-refractivity contribution in [2.24, 2.45) is 0 Å². The zero-order valence-corrected chi connectivity index (χ0v) is 11.8.